The molecule has 0 amide bonds. The van der Waals surface area contributed by atoms with Crippen LogP contribution in [-0.4, -0.2) is 27.7 Å². The number of H-pyrrole nitrogens is 1. The molecule has 27 heavy (non-hydrogen) atoms. The van der Waals surface area contributed by atoms with Crippen molar-refractivity contribution in [1.82, 2.24) is 19.9 Å². The van der Waals surface area contributed by atoms with E-state index in [2.05, 4.69) is 15.4 Å². The van der Waals surface area contributed by atoms with Crippen molar-refractivity contribution < 1.29 is 13.2 Å². The second kappa shape index (κ2) is 7.36. The second-order valence-corrected chi connectivity index (χ2v) is 6.48. The molecule has 1 aliphatic heterocycles. The maximum Gasteiger partial charge on any atom is 0.416 e. The van der Waals surface area contributed by atoms with E-state index in [9.17, 15) is 18.0 Å². The van der Waals surface area contributed by atoms with Crippen molar-refractivity contribution in [2.75, 3.05) is 13.1 Å². The fourth-order valence-electron chi connectivity index (χ4n) is 3.47. The molecule has 9 heteroatoms. The Labute approximate surface area is 159 Å². The van der Waals surface area contributed by atoms with E-state index in [-0.39, 0.29) is 23.9 Å². The maximum atomic E-state index is 12.8. The first-order valence-corrected chi connectivity index (χ1v) is 8.43. The van der Waals surface area contributed by atoms with Gasteiger partial charge in [-0.25, -0.2) is 4.52 Å². The number of alkyl halides is 3. The van der Waals surface area contributed by atoms with Gasteiger partial charge in [0.1, 0.15) is 5.65 Å². The van der Waals surface area contributed by atoms with E-state index < -0.39 is 11.7 Å². The predicted octanol–water partition coefficient (Wildman–Crippen LogP) is 3.60. The molecule has 4 rings (SSSR count). The lowest BCUT2D eigenvalue weighted by atomic mass is 9.94. The van der Waals surface area contributed by atoms with E-state index >= 15 is 0 Å². The fraction of sp³-hybridized carbons (Fsp3) is 0.333. The van der Waals surface area contributed by atoms with Gasteiger partial charge in [-0.2, -0.15) is 18.3 Å². The minimum atomic E-state index is -4.38. The van der Waals surface area contributed by atoms with E-state index in [4.69, 9.17) is 0 Å². The minimum absolute atomic E-state index is 0. The molecule has 2 aromatic heterocycles. The molecule has 1 aliphatic rings. The number of aromatic amines is 1. The van der Waals surface area contributed by atoms with E-state index in [1.165, 1.54) is 12.1 Å². The molecular weight excluding hydrogens is 381 g/mol. The zero-order chi connectivity index (χ0) is 18.3. The monoisotopic (exact) mass is 398 g/mol. The second-order valence-electron chi connectivity index (χ2n) is 6.48. The Bertz CT molecular complexity index is 988. The third-order valence-electron chi connectivity index (χ3n) is 4.82. The molecule has 0 atom stereocenters. The van der Waals surface area contributed by atoms with E-state index in [1.807, 2.05) is 0 Å². The summed E-state index contributed by atoms with van der Waals surface area (Å²) in [4.78, 5) is 14.9. The van der Waals surface area contributed by atoms with Gasteiger partial charge in [0.05, 0.1) is 17.5 Å². The van der Waals surface area contributed by atoms with Gasteiger partial charge in [0.2, 0.25) is 0 Å². The maximum absolute atomic E-state index is 12.8. The van der Waals surface area contributed by atoms with Gasteiger partial charge in [0, 0.05) is 17.5 Å². The summed E-state index contributed by atoms with van der Waals surface area (Å²) in [6, 6.07) is 6.43. The van der Waals surface area contributed by atoms with Gasteiger partial charge >= 0.3 is 6.18 Å². The lowest BCUT2D eigenvalue weighted by Gasteiger charge is -2.23. The van der Waals surface area contributed by atoms with E-state index in [0.717, 1.165) is 43.8 Å². The minimum Gasteiger partial charge on any atom is -0.317 e. The molecule has 0 bridgehead atoms. The zero-order valence-electron chi connectivity index (χ0n) is 14.2. The van der Waals surface area contributed by atoms with Crippen LogP contribution in [0.15, 0.2) is 41.3 Å². The Hall–Kier alpha value is -2.32. The summed E-state index contributed by atoms with van der Waals surface area (Å²) >= 11 is 0. The molecule has 144 valence electrons. The summed E-state index contributed by atoms with van der Waals surface area (Å²) in [6.45, 7) is 1.76. The Morgan fingerprint density at radius 2 is 1.78 bits per heavy atom. The lowest BCUT2D eigenvalue weighted by Crippen LogP contribution is -2.28. The Morgan fingerprint density at radius 1 is 1.11 bits per heavy atom. The van der Waals surface area contributed by atoms with Crippen LogP contribution in [0.2, 0.25) is 0 Å². The molecule has 3 aromatic rings. The largest absolute Gasteiger partial charge is 0.416 e. The molecule has 0 radical (unpaired) electrons. The zero-order valence-corrected chi connectivity index (χ0v) is 15.0. The van der Waals surface area contributed by atoms with Crippen LogP contribution in [0.4, 0.5) is 13.2 Å². The van der Waals surface area contributed by atoms with Crippen molar-refractivity contribution in [3.63, 3.8) is 0 Å². The summed E-state index contributed by atoms with van der Waals surface area (Å²) in [5.74, 6) is 0.224. The van der Waals surface area contributed by atoms with Crippen molar-refractivity contribution in [2.45, 2.75) is 24.9 Å². The highest BCUT2D eigenvalue weighted by molar-refractivity contribution is 5.85. The quantitative estimate of drug-likeness (QED) is 0.693. The molecule has 3 heterocycles. The normalized spacial score (nSPS) is 15.7. The lowest BCUT2D eigenvalue weighted by molar-refractivity contribution is -0.137. The van der Waals surface area contributed by atoms with Crippen LogP contribution in [-0.2, 0) is 6.18 Å². The summed E-state index contributed by atoms with van der Waals surface area (Å²) in [5, 5.41) is 7.67. The molecular formula is C18H18ClF3N4O. The molecule has 0 aliphatic carbocycles. The third kappa shape index (κ3) is 3.72. The Kier molecular flexibility index (Phi) is 5.30. The number of piperidine rings is 1. The van der Waals surface area contributed by atoms with Gasteiger partial charge < -0.3 is 10.3 Å². The average Bonchev–Trinajstić information content (AvgIpc) is 3.05. The van der Waals surface area contributed by atoms with Crippen LogP contribution in [0.5, 0.6) is 0 Å². The summed E-state index contributed by atoms with van der Waals surface area (Å²) < 4.78 is 40.0. The molecule has 0 spiro atoms. The molecule has 1 aromatic carbocycles. The number of fused-ring (bicyclic) bond motifs is 1. The summed E-state index contributed by atoms with van der Waals surface area (Å²) in [5.41, 5.74) is 1.58. The standard InChI is InChI=1S/C18H17F3N4O.ClH/c19-18(20,21)13-3-1-11(2-4-13)14-10-23-25-15(9-16(26)24-17(14)25)12-5-7-22-8-6-12;/h1-4,9-10,12,22H,5-8H2,(H,24,26);1H. The average molecular weight is 399 g/mol. The number of hydrogen-bond acceptors (Lipinski definition) is 3. The van der Waals surface area contributed by atoms with Gasteiger partial charge in [0.25, 0.3) is 5.56 Å². The van der Waals surface area contributed by atoms with Gasteiger partial charge in [-0.05, 0) is 43.6 Å². The van der Waals surface area contributed by atoms with Crippen LogP contribution in [0.3, 0.4) is 0 Å². The highest BCUT2D eigenvalue weighted by atomic mass is 35.5. The Morgan fingerprint density at radius 3 is 2.41 bits per heavy atom. The van der Waals surface area contributed by atoms with Crippen molar-refractivity contribution in [1.29, 1.82) is 0 Å². The van der Waals surface area contributed by atoms with Gasteiger partial charge in [-0.3, -0.25) is 4.79 Å². The topological polar surface area (TPSA) is 62.2 Å². The number of halogens is 4. The highest BCUT2D eigenvalue weighted by Gasteiger charge is 2.30. The molecule has 1 fully saturated rings. The first-order chi connectivity index (χ1) is 12.4. The van der Waals surface area contributed by atoms with Crippen LogP contribution < -0.4 is 10.9 Å². The highest BCUT2D eigenvalue weighted by Crippen LogP contribution is 2.32. The van der Waals surface area contributed by atoms with Crippen molar-refractivity contribution in [3.8, 4) is 11.1 Å². The third-order valence-corrected chi connectivity index (χ3v) is 4.82. The molecule has 0 unspecified atom stereocenters. The van der Waals surface area contributed by atoms with Gasteiger partial charge in [0.15, 0.2) is 0 Å². The molecule has 1 saturated heterocycles. The van der Waals surface area contributed by atoms with Gasteiger partial charge in [-0.1, -0.05) is 12.1 Å². The number of nitrogens with zero attached hydrogens (tertiary/aromatic N) is 2. The first-order valence-electron chi connectivity index (χ1n) is 8.43. The number of benzene rings is 1. The number of hydrogen-bond donors (Lipinski definition) is 2. The molecule has 5 nitrogen and oxygen atoms in total. The van der Waals surface area contributed by atoms with Crippen LogP contribution >= 0.6 is 12.4 Å². The first kappa shape index (κ1) is 19.4. The van der Waals surface area contributed by atoms with Crippen molar-refractivity contribution in [2.24, 2.45) is 0 Å². The van der Waals surface area contributed by atoms with Crippen molar-refractivity contribution >= 4 is 18.1 Å². The van der Waals surface area contributed by atoms with Crippen LogP contribution in [0.25, 0.3) is 16.8 Å². The number of nitrogens with one attached hydrogen (secondary N) is 2. The van der Waals surface area contributed by atoms with Crippen LogP contribution in [0, 0.1) is 0 Å². The van der Waals surface area contributed by atoms with E-state index in [1.54, 1.807) is 16.8 Å². The number of aromatic nitrogens is 3. The summed E-state index contributed by atoms with van der Waals surface area (Å²) in [6.07, 6.45) is -0.976. The van der Waals surface area contributed by atoms with Crippen LogP contribution in [0.1, 0.15) is 30.0 Å². The Balaban J connectivity index is 0.00000210. The number of rotatable bonds is 2. The summed E-state index contributed by atoms with van der Waals surface area (Å²) in [7, 11) is 0. The predicted molar refractivity (Wildman–Crippen MR) is 98.3 cm³/mol. The van der Waals surface area contributed by atoms with Gasteiger partial charge in [-0.15, -0.1) is 12.4 Å². The SMILES string of the molecule is Cl.O=c1cc(C2CCNCC2)n2ncc(-c3ccc(C(F)(F)F)cc3)c2[nH]1. The fourth-order valence-corrected chi connectivity index (χ4v) is 3.47. The molecule has 0 saturated carbocycles. The van der Waals surface area contributed by atoms with E-state index in [0.29, 0.717) is 16.8 Å². The van der Waals surface area contributed by atoms with Crippen molar-refractivity contribution in [3.05, 3.63) is 58.1 Å². The smallest absolute Gasteiger partial charge is 0.317 e. The molecule has 2 N–H and O–H groups in total.